The molecule has 0 aliphatic carbocycles. The smallest absolute Gasteiger partial charge is 0.407 e. The number of aromatic nitrogens is 1. The maximum atomic E-state index is 11.4. The van der Waals surface area contributed by atoms with E-state index < -0.39 is 11.7 Å². The van der Waals surface area contributed by atoms with Crippen LogP contribution in [0.15, 0.2) is 18.5 Å². The first kappa shape index (κ1) is 13.3. The van der Waals surface area contributed by atoms with Crippen LogP contribution in [-0.4, -0.2) is 23.7 Å². The van der Waals surface area contributed by atoms with Gasteiger partial charge in [-0.25, -0.2) is 4.79 Å². The average molecular weight is 237 g/mol. The van der Waals surface area contributed by atoms with Gasteiger partial charge in [0.25, 0.3) is 0 Å². The Hall–Kier alpha value is -1.78. The molecule has 0 fully saturated rings. The van der Waals surface area contributed by atoms with E-state index in [0.29, 0.717) is 6.54 Å². The number of anilines is 1. The zero-order valence-corrected chi connectivity index (χ0v) is 10.7. The topological polar surface area (TPSA) is 63.2 Å². The van der Waals surface area contributed by atoms with E-state index in [4.69, 9.17) is 4.74 Å². The zero-order chi connectivity index (χ0) is 12.9. The van der Waals surface area contributed by atoms with Crippen molar-refractivity contribution in [3.63, 3.8) is 0 Å². The number of ether oxygens (including phenoxy) is 1. The molecule has 0 saturated heterocycles. The van der Waals surface area contributed by atoms with Gasteiger partial charge in [-0.05, 0) is 32.4 Å². The molecule has 0 saturated carbocycles. The molecule has 0 spiro atoms. The molecule has 1 aromatic heterocycles. The lowest BCUT2D eigenvalue weighted by molar-refractivity contribution is 0.0523. The summed E-state index contributed by atoms with van der Waals surface area (Å²) < 4.78 is 5.13. The molecule has 1 heterocycles. The highest BCUT2D eigenvalue weighted by atomic mass is 16.6. The summed E-state index contributed by atoms with van der Waals surface area (Å²) in [5.41, 5.74) is 1.35. The van der Waals surface area contributed by atoms with Gasteiger partial charge < -0.3 is 15.4 Å². The first-order valence-electron chi connectivity index (χ1n) is 5.49. The van der Waals surface area contributed by atoms with Crippen LogP contribution in [0, 0.1) is 0 Å². The molecule has 0 atom stereocenters. The minimum absolute atomic E-state index is 0.400. The van der Waals surface area contributed by atoms with E-state index in [1.165, 1.54) is 0 Å². The molecule has 0 aliphatic rings. The van der Waals surface area contributed by atoms with Crippen molar-refractivity contribution < 1.29 is 9.53 Å². The van der Waals surface area contributed by atoms with Crippen LogP contribution in [0.1, 0.15) is 26.3 Å². The van der Waals surface area contributed by atoms with Crippen molar-refractivity contribution in [3.05, 3.63) is 24.0 Å². The van der Waals surface area contributed by atoms with E-state index in [-0.39, 0.29) is 0 Å². The molecule has 0 aromatic carbocycles. The number of carbonyl (C=O) groups is 1. The van der Waals surface area contributed by atoms with Gasteiger partial charge in [-0.2, -0.15) is 0 Å². The Kier molecular flexibility index (Phi) is 4.31. The fourth-order valence-electron chi connectivity index (χ4n) is 1.21. The summed E-state index contributed by atoms with van der Waals surface area (Å²) in [6.45, 7) is 5.89. The largest absolute Gasteiger partial charge is 0.444 e. The van der Waals surface area contributed by atoms with E-state index >= 15 is 0 Å². The molecule has 0 aliphatic heterocycles. The van der Waals surface area contributed by atoms with Gasteiger partial charge in [-0.15, -0.1) is 0 Å². The Bertz CT molecular complexity index is 386. The molecule has 17 heavy (non-hydrogen) atoms. The van der Waals surface area contributed by atoms with Crippen LogP contribution in [0.4, 0.5) is 10.5 Å². The first-order valence-corrected chi connectivity index (χ1v) is 5.49. The summed E-state index contributed by atoms with van der Waals surface area (Å²) >= 11 is 0. The van der Waals surface area contributed by atoms with Crippen molar-refractivity contribution in [2.24, 2.45) is 0 Å². The Labute approximate surface area is 102 Å². The van der Waals surface area contributed by atoms with Gasteiger partial charge in [-0.3, -0.25) is 4.98 Å². The third-order valence-electron chi connectivity index (χ3n) is 1.92. The average Bonchev–Trinajstić information content (AvgIpc) is 2.24. The van der Waals surface area contributed by atoms with Crippen molar-refractivity contribution in [2.75, 3.05) is 12.4 Å². The zero-order valence-electron chi connectivity index (χ0n) is 10.7. The summed E-state index contributed by atoms with van der Waals surface area (Å²) in [6.07, 6.45) is 3.00. The summed E-state index contributed by atoms with van der Waals surface area (Å²) in [5, 5.41) is 5.66. The van der Waals surface area contributed by atoms with E-state index in [2.05, 4.69) is 15.6 Å². The van der Waals surface area contributed by atoms with Crippen LogP contribution in [0.25, 0.3) is 0 Å². The summed E-state index contributed by atoms with van der Waals surface area (Å²) in [6, 6.07) is 1.92. The van der Waals surface area contributed by atoms with Gasteiger partial charge in [0, 0.05) is 26.0 Å². The van der Waals surface area contributed by atoms with Gasteiger partial charge in [0.1, 0.15) is 5.60 Å². The second-order valence-electron chi connectivity index (χ2n) is 4.69. The summed E-state index contributed by atoms with van der Waals surface area (Å²) in [7, 11) is 1.82. The molecule has 1 amide bonds. The maximum absolute atomic E-state index is 11.4. The highest BCUT2D eigenvalue weighted by Crippen LogP contribution is 2.09. The van der Waals surface area contributed by atoms with Gasteiger partial charge in [-0.1, -0.05) is 0 Å². The van der Waals surface area contributed by atoms with Crippen molar-refractivity contribution in [1.82, 2.24) is 10.3 Å². The first-order chi connectivity index (χ1) is 7.90. The van der Waals surface area contributed by atoms with E-state index in [0.717, 1.165) is 11.3 Å². The van der Waals surface area contributed by atoms with Crippen molar-refractivity contribution in [1.29, 1.82) is 0 Å². The number of hydrogen-bond acceptors (Lipinski definition) is 4. The Morgan fingerprint density at radius 1 is 1.41 bits per heavy atom. The van der Waals surface area contributed by atoms with Gasteiger partial charge in [0.15, 0.2) is 0 Å². The number of alkyl carbamates (subject to hydrolysis) is 1. The number of nitrogens with zero attached hydrogens (tertiary/aromatic N) is 1. The number of hydrogen-bond donors (Lipinski definition) is 2. The fourth-order valence-corrected chi connectivity index (χ4v) is 1.21. The van der Waals surface area contributed by atoms with Gasteiger partial charge >= 0.3 is 6.09 Å². The number of amides is 1. The molecule has 2 N–H and O–H groups in total. The van der Waals surface area contributed by atoms with Crippen LogP contribution in [0.2, 0.25) is 0 Å². The summed E-state index contributed by atoms with van der Waals surface area (Å²) in [4.78, 5) is 15.5. The molecule has 0 unspecified atom stereocenters. The van der Waals surface area contributed by atoms with Crippen LogP contribution in [-0.2, 0) is 11.3 Å². The lowest BCUT2D eigenvalue weighted by atomic mass is 10.2. The highest BCUT2D eigenvalue weighted by molar-refractivity contribution is 5.67. The number of carbonyl (C=O) groups excluding carboxylic acids is 1. The molecular formula is C12H19N3O2. The monoisotopic (exact) mass is 237 g/mol. The molecule has 5 heteroatoms. The molecule has 0 radical (unpaired) electrons. The standard InChI is InChI=1S/C12H19N3O2/c1-12(2,3)17-11(16)15-7-9-5-10(13-4)8-14-6-9/h5-6,8,13H,7H2,1-4H3,(H,15,16). The predicted octanol–water partition coefficient (Wildman–Crippen LogP) is 2.15. The molecule has 1 aromatic rings. The Morgan fingerprint density at radius 3 is 2.71 bits per heavy atom. The third-order valence-corrected chi connectivity index (χ3v) is 1.92. The quantitative estimate of drug-likeness (QED) is 0.845. The van der Waals surface area contributed by atoms with Crippen LogP contribution in [0.3, 0.4) is 0 Å². The maximum Gasteiger partial charge on any atom is 0.407 e. The van der Waals surface area contributed by atoms with Crippen LogP contribution in [0.5, 0.6) is 0 Å². The van der Waals surface area contributed by atoms with Crippen molar-refractivity contribution in [2.45, 2.75) is 32.9 Å². The van der Waals surface area contributed by atoms with Crippen LogP contribution >= 0.6 is 0 Å². The van der Waals surface area contributed by atoms with E-state index in [1.807, 2.05) is 33.9 Å². The van der Waals surface area contributed by atoms with E-state index in [1.54, 1.807) is 12.4 Å². The lowest BCUT2D eigenvalue weighted by Gasteiger charge is -2.19. The number of nitrogens with one attached hydrogen (secondary N) is 2. The fraction of sp³-hybridized carbons (Fsp3) is 0.500. The SMILES string of the molecule is CNc1cncc(CNC(=O)OC(C)(C)C)c1. The Morgan fingerprint density at radius 2 is 2.12 bits per heavy atom. The van der Waals surface area contributed by atoms with Crippen molar-refractivity contribution in [3.8, 4) is 0 Å². The predicted molar refractivity (Wildman–Crippen MR) is 66.9 cm³/mol. The lowest BCUT2D eigenvalue weighted by Crippen LogP contribution is -2.32. The van der Waals surface area contributed by atoms with Gasteiger partial charge in [0.05, 0.1) is 5.69 Å². The highest BCUT2D eigenvalue weighted by Gasteiger charge is 2.15. The molecule has 1 rings (SSSR count). The molecule has 94 valence electrons. The normalized spacial score (nSPS) is 10.8. The Balaban J connectivity index is 2.47. The molecule has 0 bridgehead atoms. The van der Waals surface area contributed by atoms with Crippen molar-refractivity contribution >= 4 is 11.8 Å². The number of rotatable bonds is 3. The van der Waals surface area contributed by atoms with E-state index in [9.17, 15) is 4.79 Å². The third kappa shape index (κ3) is 5.19. The molecule has 5 nitrogen and oxygen atoms in total. The molecular weight excluding hydrogens is 218 g/mol. The summed E-state index contributed by atoms with van der Waals surface area (Å²) in [5.74, 6) is 0. The number of pyridine rings is 1. The second kappa shape index (κ2) is 5.52. The minimum atomic E-state index is -0.477. The van der Waals surface area contributed by atoms with Crippen LogP contribution < -0.4 is 10.6 Å². The van der Waals surface area contributed by atoms with Gasteiger partial charge in [0.2, 0.25) is 0 Å². The second-order valence-corrected chi connectivity index (χ2v) is 4.69. The minimum Gasteiger partial charge on any atom is -0.444 e.